The summed E-state index contributed by atoms with van der Waals surface area (Å²) in [5, 5.41) is 20.7. The maximum Gasteiger partial charge on any atom is 0.253 e. The monoisotopic (exact) mass is 660 g/mol. The molecule has 0 bridgehead atoms. The molecule has 3 aromatic carbocycles. The largest absolute Gasteiger partial charge is 0.497 e. The summed E-state index contributed by atoms with van der Waals surface area (Å²) in [5.74, 6) is 0.133. The molecule has 228 valence electrons. The molecule has 45 heavy (non-hydrogen) atoms. The van der Waals surface area contributed by atoms with Crippen LogP contribution < -0.4 is 10.1 Å². The van der Waals surface area contributed by atoms with Crippen LogP contribution >= 0.6 is 34.7 Å². The molecule has 9 nitrogen and oxygen atoms in total. The molecule has 1 N–H and O–H groups in total. The van der Waals surface area contributed by atoms with Crippen molar-refractivity contribution in [3.05, 3.63) is 123 Å². The van der Waals surface area contributed by atoms with Gasteiger partial charge in [-0.15, -0.1) is 21.5 Å². The molecule has 0 saturated carbocycles. The highest BCUT2D eigenvalue weighted by Gasteiger charge is 2.33. The van der Waals surface area contributed by atoms with Crippen molar-refractivity contribution in [2.24, 2.45) is 5.10 Å². The third-order valence-corrected chi connectivity index (χ3v) is 9.12. The fraction of sp³-hybridized carbons (Fsp3) is 0.156. The van der Waals surface area contributed by atoms with E-state index in [0.717, 1.165) is 16.2 Å². The van der Waals surface area contributed by atoms with Gasteiger partial charge in [-0.1, -0.05) is 53.7 Å². The van der Waals surface area contributed by atoms with Crippen LogP contribution in [-0.2, 0) is 11.3 Å². The van der Waals surface area contributed by atoms with Crippen molar-refractivity contribution in [3.63, 3.8) is 0 Å². The van der Waals surface area contributed by atoms with E-state index in [1.165, 1.54) is 36.0 Å². The Morgan fingerprint density at radius 1 is 1.07 bits per heavy atom. The first-order chi connectivity index (χ1) is 21.9. The molecular weight excluding hydrogens is 635 g/mol. The van der Waals surface area contributed by atoms with Gasteiger partial charge in [-0.05, 0) is 65.5 Å². The Kier molecular flexibility index (Phi) is 9.24. The predicted molar refractivity (Wildman–Crippen MR) is 173 cm³/mol. The van der Waals surface area contributed by atoms with Crippen LogP contribution in [0.2, 0.25) is 5.02 Å². The van der Waals surface area contributed by atoms with Crippen LogP contribution in [-0.4, -0.2) is 50.2 Å². The van der Waals surface area contributed by atoms with E-state index in [4.69, 9.17) is 21.4 Å². The van der Waals surface area contributed by atoms with Gasteiger partial charge in [0.15, 0.2) is 11.0 Å². The fourth-order valence-electron chi connectivity index (χ4n) is 4.88. The van der Waals surface area contributed by atoms with E-state index in [9.17, 15) is 14.0 Å². The Bertz CT molecular complexity index is 1860. The van der Waals surface area contributed by atoms with Gasteiger partial charge in [-0.2, -0.15) is 5.10 Å². The Labute approximate surface area is 271 Å². The second kappa shape index (κ2) is 13.6. The number of thioether (sulfide) groups is 1. The lowest BCUT2D eigenvalue weighted by molar-refractivity contribution is -0.130. The number of amides is 2. The number of methoxy groups -OCH3 is 1. The first-order valence-electron chi connectivity index (χ1n) is 13.8. The molecule has 0 aliphatic carbocycles. The van der Waals surface area contributed by atoms with E-state index in [1.54, 1.807) is 70.5 Å². The number of benzene rings is 3. The molecule has 1 aliphatic rings. The minimum Gasteiger partial charge on any atom is -0.497 e. The van der Waals surface area contributed by atoms with Gasteiger partial charge >= 0.3 is 0 Å². The number of hydrogen-bond donors (Lipinski definition) is 1. The normalized spacial score (nSPS) is 14.3. The zero-order chi connectivity index (χ0) is 31.3. The first-order valence-corrected chi connectivity index (χ1v) is 16.1. The molecule has 6 rings (SSSR count). The SMILES string of the molecule is COc1cccc(C(=O)NCc2nnc(SCC(=O)N3N=C(c4cccs4)C[C@@H]3c3ccc(F)cc3)n2-c2cccc(Cl)c2)c1. The molecule has 0 spiro atoms. The molecule has 0 saturated heterocycles. The van der Waals surface area contributed by atoms with Gasteiger partial charge < -0.3 is 10.1 Å². The summed E-state index contributed by atoms with van der Waals surface area (Å²) >= 11 is 9.06. The minimum atomic E-state index is -0.371. The van der Waals surface area contributed by atoms with Gasteiger partial charge in [0.2, 0.25) is 0 Å². The molecule has 2 amide bonds. The minimum absolute atomic E-state index is 0.00772. The lowest BCUT2D eigenvalue weighted by atomic mass is 10.0. The zero-order valence-corrected chi connectivity index (χ0v) is 26.3. The Hall–Kier alpha value is -4.52. The van der Waals surface area contributed by atoms with E-state index in [2.05, 4.69) is 15.5 Å². The molecule has 0 radical (unpaired) electrons. The van der Waals surface area contributed by atoms with Gasteiger partial charge in [0.25, 0.3) is 11.8 Å². The summed E-state index contributed by atoms with van der Waals surface area (Å²) in [6.45, 7) is 0.0668. The molecule has 0 fully saturated rings. The number of nitrogens with one attached hydrogen (secondary N) is 1. The Morgan fingerprint density at radius 3 is 2.64 bits per heavy atom. The predicted octanol–water partition coefficient (Wildman–Crippen LogP) is 6.53. The van der Waals surface area contributed by atoms with Crippen LogP contribution in [0, 0.1) is 5.82 Å². The highest BCUT2D eigenvalue weighted by molar-refractivity contribution is 7.99. The number of carbonyl (C=O) groups excluding carboxylic acids is 2. The average molecular weight is 661 g/mol. The second-order valence-electron chi connectivity index (χ2n) is 9.95. The van der Waals surface area contributed by atoms with Crippen molar-refractivity contribution in [2.75, 3.05) is 12.9 Å². The van der Waals surface area contributed by atoms with Crippen molar-refractivity contribution in [1.82, 2.24) is 25.1 Å². The molecule has 3 heterocycles. The summed E-state index contributed by atoms with van der Waals surface area (Å²) in [7, 11) is 1.54. The summed E-state index contributed by atoms with van der Waals surface area (Å²) in [4.78, 5) is 27.6. The number of nitrogens with zero attached hydrogens (tertiary/aromatic N) is 5. The Morgan fingerprint density at radius 2 is 1.89 bits per heavy atom. The van der Waals surface area contributed by atoms with E-state index in [0.29, 0.717) is 39.4 Å². The van der Waals surface area contributed by atoms with Gasteiger partial charge in [0.1, 0.15) is 11.6 Å². The van der Waals surface area contributed by atoms with Crippen LogP contribution in [0.3, 0.4) is 0 Å². The van der Waals surface area contributed by atoms with Crippen LogP contribution in [0.15, 0.2) is 101 Å². The first kappa shape index (κ1) is 30.5. The number of hydrazone groups is 1. The number of aromatic nitrogens is 3. The number of thiophene rings is 1. The van der Waals surface area contributed by atoms with Gasteiger partial charge in [0.05, 0.1) is 41.7 Å². The van der Waals surface area contributed by atoms with Crippen molar-refractivity contribution >= 4 is 52.2 Å². The third kappa shape index (κ3) is 6.93. The summed E-state index contributed by atoms with van der Waals surface area (Å²) in [5.41, 5.74) is 2.71. The highest BCUT2D eigenvalue weighted by atomic mass is 35.5. The summed E-state index contributed by atoms with van der Waals surface area (Å²) < 4.78 is 20.7. The Balaban J connectivity index is 1.23. The summed E-state index contributed by atoms with van der Waals surface area (Å²) in [6.07, 6.45) is 0.512. The van der Waals surface area contributed by atoms with Gasteiger partial charge in [-0.25, -0.2) is 9.40 Å². The fourth-order valence-corrected chi connectivity index (χ4v) is 6.61. The van der Waals surface area contributed by atoms with Gasteiger partial charge in [-0.3, -0.25) is 14.2 Å². The topological polar surface area (TPSA) is 102 Å². The molecule has 0 unspecified atom stereocenters. The van der Waals surface area contributed by atoms with Crippen molar-refractivity contribution < 1.29 is 18.7 Å². The van der Waals surface area contributed by atoms with Crippen LogP contribution in [0.4, 0.5) is 4.39 Å². The average Bonchev–Trinajstić information content (AvgIpc) is 3.83. The summed E-state index contributed by atoms with van der Waals surface area (Å²) in [6, 6.07) is 23.7. The number of hydrogen-bond acceptors (Lipinski definition) is 8. The van der Waals surface area contributed by atoms with E-state index in [1.807, 2.05) is 23.6 Å². The van der Waals surface area contributed by atoms with Crippen molar-refractivity contribution in [3.8, 4) is 11.4 Å². The van der Waals surface area contributed by atoms with Crippen LogP contribution in [0.1, 0.15) is 39.1 Å². The lowest BCUT2D eigenvalue weighted by Crippen LogP contribution is -2.28. The molecule has 13 heteroatoms. The van der Waals surface area contributed by atoms with E-state index < -0.39 is 0 Å². The third-order valence-electron chi connectivity index (χ3n) is 7.06. The molecule has 2 aromatic heterocycles. The molecule has 1 atom stereocenters. The van der Waals surface area contributed by atoms with E-state index in [-0.39, 0.29) is 36.0 Å². The zero-order valence-electron chi connectivity index (χ0n) is 23.9. The smallest absolute Gasteiger partial charge is 0.253 e. The van der Waals surface area contributed by atoms with Crippen LogP contribution in [0.5, 0.6) is 5.75 Å². The van der Waals surface area contributed by atoms with Crippen molar-refractivity contribution in [2.45, 2.75) is 24.2 Å². The number of rotatable bonds is 10. The quantitative estimate of drug-likeness (QED) is 0.171. The lowest BCUT2D eigenvalue weighted by Gasteiger charge is -2.22. The molecular formula is C32H26ClFN6O3S2. The number of ether oxygens (including phenoxy) is 1. The second-order valence-corrected chi connectivity index (χ2v) is 12.3. The maximum absolute atomic E-state index is 13.7. The maximum atomic E-state index is 13.7. The van der Waals surface area contributed by atoms with E-state index >= 15 is 0 Å². The standard InChI is InChI=1S/C32H26ClFN6O3S2/c1-43-25-8-2-5-21(15-25)31(42)35-18-29-36-37-32(39(29)24-7-3-6-22(33)16-24)45-19-30(41)40-27(20-10-12-23(34)13-11-20)17-26(38-40)28-9-4-14-44-28/h2-16,27H,17-19H2,1H3,(H,35,42)/t27-/m1/s1. The number of carbonyl (C=O) groups is 2. The molecule has 5 aromatic rings. The molecule has 1 aliphatic heterocycles. The number of halogens is 2. The van der Waals surface area contributed by atoms with Crippen molar-refractivity contribution in [1.29, 1.82) is 0 Å². The van der Waals surface area contributed by atoms with Crippen LogP contribution in [0.25, 0.3) is 5.69 Å². The van der Waals surface area contributed by atoms with Gasteiger partial charge in [0, 0.05) is 17.0 Å². The highest BCUT2D eigenvalue weighted by Crippen LogP contribution is 2.35.